The van der Waals surface area contributed by atoms with E-state index < -0.39 is 5.79 Å². The normalized spacial score (nSPS) is 33.6. The van der Waals surface area contributed by atoms with E-state index in [1.807, 2.05) is 13.8 Å². The summed E-state index contributed by atoms with van der Waals surface area (Å²) < 4.78 is 23.6. The lowest BCUT2D eigenvalue weighted by Crippen LogP contribution is -2.56. The van der Waals surface area contributed by atoms with Gasteiger partial charge in [0, 0.05) is 0 Å². The van der Waals surface area contributed by atoms with Crippen LogP contribution in [0.1, 0.15) is 20.8 Å². The molecular weight excluding hydrogens is 300 g/mol. The average Bonchev–Trinajstić information content (AvgIpc) is 2.31. The second-order valence-electron chi connectivity index (χ2n) is 4.63. The van der Waals surface area contributed by atoms with Crippen molar-refractivity contribution < 1.29 is 18.9 Å². The standard InChI is InChI=1S/C13H17BrO4/c1-4-5-6-15-11-9(14)7-16-10-8-17-13(2,3)18-12(10)11/h7,10-12H,6,8H2,1-3H3/t10-,11-,12-/m1/s1. The third-order valence-corrected chi connectivity index (χ3v) is 3.46. The molecule has 0 amide bonds. The second-order valence-corrected chi connectivity index (χ2v) is 5.54. The van der Waals surface area contributed by atoms with Gasteiger partial charge in [-0.1, -0.05) is 5.92 Å². The van der Waals surface area contributed by atoms with E-state index in [2.05, 4.69) is 27.8 Å². The molecule has 0 aromatic rings. The molecule has 2 aliphatic heterocycles. The molecule has 100 valence electrons. The Hall–Kier alpha value is -0.540. The van der Waals surface area contributed by atoms with Crippen molar-refractivity contribution in [2.45, 2.75) is 44.9 Å². The Kier molecular flexibility index (Phi) is 4.33. The summed E-state index contributed by atoms with van der Waals surface area (Å²) in [5, 5.41) is 0. The number of fused-ring (bicyclic) bond motifs is 1. The number of hydrogen-bond donors (Lipinski definition) is 0. The van der Waals surface area contributed by atoms with E-state index in [9.17, 15) is 0 Å². The lowest BCUT2D eigenvalue weighted by Gasteiger charge is -2.45. The average molecular weight is 317 g/mol. The molecule has 0 spiro atoms. The Labute approximate surface area is 116 Å². The highest BCUT2D eigenvalue weighted by Gasteiger charge is 2.45. The third-order valence-electron chi connectivity index (χ3n) is 2.82. The van der Waals surface area contributed by atoms with Gasteiger partial charge in [0.25, 0.3) is 0 Å². The monoisotopic (exact) mass is 316 g/mol. The molecule has 2 rings (SSSR count). The van der Waals surface area contributed by atoms with E-state index in [0.29, 0.717) is 13.2 Å². The first-order valence-electron chi connectivity index (χ1n) is 5.87. The zero-order chi connectivity index (χ0) is 13.2. The minimum atomic E-state index is -0.618. The number of ether oxygens (including phenoxy) is 4. The predicted molar refractivity (Wildman–Crippen MR) is 70.0 cm³/mol. The largest absolute Gasteiger partial charge is 0.492 e. The molecule has 0 aromatic heterocycles. The van der Waals surface area contributed by atoms with Crippen molar-refractivity contribution in [3.05, 3.63) is 10.7 Å². The van der Waals surface area contributed by atoms with E-state index >= 15 is 0 Å². The van der Waals surface area contributed by atoms with Crippen molar-refractivity contribution in [3.8, 4) is 11.8 Å². The van der Waals surface area contributed by atoms with Crippen LogP contribution in [0.4, 0.5) is 0 Å². The van der Waals surface area contributed by atoms with Crippen LogP contribution in [0.25, 0.3) is 0 Å². The molecule has 0 saturated carbocycles. The maximum Gasteiger partial charge on any atom is 0.163 e. The fraction of sp³-hybridized carbons (Fsp3) is 0.692. The summed E-state index contributed by atoms with van der Waals surface area (Å²) in [5.41, 5.74) is 0. The maximum atomic E-state index is 5.90. The maximum absolute atomic E-state index is 5.90. The van der Waals surface area contributed by atoms with Crippen molar-refractivity contribution in [1.29, 1.82) is 0 Å². The van der Waals surface area contributed by atoms with Crippen molar-refractivity contribution in [1.82, 2.24) is 0 Å². The smallest absolute Gasteiger partial charge is 0.163 e. The Morgan fingerprint density at radius 2 is 2.33 bits per heavy atom. The number of hydrogen-bond acceptors (Lipinski definition) is 4. The van der Waals surface area contributed by atoms with Gasteiger partial charge in [-0.25, -0.2) is 0 Å². The summed E-state index contributed by atoms with van der Waals surface area (Å²) in [5.74, 6) is 5.07. The van der Waals surface area contributed by atoms with Crippen molar-refractivity contribution in [2.75, 3.05) is 13.2 Å². The molecule has 0 unspecified atom stereocenters. The Morgan fingerprint density at radius 1 is 1.56 bits per heavy atom. The van der Waals surface area contributed by atoms with E-state index in [0.717, 1.165) is 4.48 Å². The van der Waals surface area contributed by atoms with Gasteiger partial charge in [0.05, 0.1) is 17.4 Å². The fourth-order valence-corrected chi connectivity index (χ4v) is 2.44. The first-order chi connectivity index (χ1) is 8.53. The Morgan fingerprint density at radius 3 is 3.06 bits per heavy atom. The lowest BCUT2D eigenvalue weighted by atomic mass is 10.0. The van der Waals surface area contributed by atoms with Gasteiger partial charge in [-0.05, 0) is 36.7 Å². The van der Waals surface area contributed by atoms with Crippen LogP contribution in [0.3, 0.4) is 0 Å². The molecule has 0 bridgehead atoms. The van der Waals surface area contributed by atoms with Crippen molar-refractivity contribution in [2.24, 2.45) is 0 Å². The van der Waals surface area contributed by atoms with Gasteiger partial charge in [-0.15, -0.1) is 5.92 Å². The highest BCUT2D eigenvalue weighted by atomic mass is 79.9. The van der Waals surface area contributed by atoms with Crippen LogP contribution in [0.5, 0.6) is 0 Å². The SMILES string of the molecule is CC#CCO[C@@H]1C(Br)=CO[C@@H]2COC(C)(C)O[C@@H]12. The molecule has 0 aliphatic carbocycles. The van der Waals surface area contributed by atoms with Gasteiger partial charge in [-0.2, -0.15) is 0 Å². The van der Waals surface area contributed by atoms with Gasteiger partial charge in [0.2, 0.25) is 0 Å². The molecule has 5 heteroatoms. The molecule has 1 fully saturated rings. The summed E-state index contributed by atoms with van der Waals surface area (Å²) in [6.07, 6.45) is 1.12. The first-order valence-corrected chi connectivity index (χ1v) is 6.67. The lowest BCUT2D eigenvalue weighted by molar-refractivity contribution is -0.321. The van der Waals surface area contributed by atoms with Crippen LogP contribution in [-0.2, 0) is 18.9 Å². The van der Waals surface area contributed by atoms with E-state index in [1.165, 1.54) is 0 Å². The number of rotatable bonds is 2. The van der Waals surface area contributed by atoms with Crippen LogP contribution in [-0.4, -0.2) is 37.3 Å². The molecule has 2 aliphatic rings. The van der Waals surface area contributed by atoms with Crippen LogP contribution < -0.4 is 0 Å². The zero-order valence-corrected chi connectivity index (χ0v) is 12.3. The van der Waals surface area contributed by atoms with Crippen molar-refractivity contribution in [3.63, 3.8) is 0 Å². The molecule has 3 atom stereocenters. The van der Waals surface area contributed by atoms with Crippen LogP contribution in [0.2, 0.25) is 0 Å². The van der Waals surface area contributed by atoms with E-state index in [1.54, 1.807) is 13.2 Å². The minimum Gasteiger partial charge on any atom is -0.492 e. The van der Waals surface area contributed by atoms with Gasteiger partial charge >= 0.3 is 0 Å². The number of halogens is 1. The summed E-state index contributed by atoms with van der Waals surface area (Å²) in [4.78, 5) is 0. The molecular formula is C13H17BrO4. The molecule has 0 aromatic carbocycles. The van der Waals surface area contributed by atoms with Crippen LogP contribution in [0.15, 0.2) is 10.7 Å². The molecule has 4 nitrogen and oxygen atoms in total. The van der Waals surface area contributed by atoms with Gasteiger partial charge in [0.15, 0.2) is 11.9 Å². The zero-order valence-electron chi connectivity index (χ0n) is 10.7. The van der Waals surface area contributed by atoms with Crippen LogP contribution in [0, 0.1) is 11.8 Å². The summed E-state index contributed by atoms with van der Waals surface area (Å²) >= 11 is 3.45. The van der Waals surface area contributed by atoms with E-state index in [-0.39, 0.29) is 18.3 Å². The van der Waals surface area contributed by atoms with Gasteiger partial charge < -0.3 is 18.9 Å². The first kappa shape index (κ1) is 13.9. The van der Waals surface area contributed by atoms with Crippen molar-refractivity contribution >= 4 is 15.9 Å². The summed E-state index contributed by atoms with van der Waals surface area (Å²) in [6.45, 7) is 6.43. The second kappa shape index (κ2) is 5.62. The summed E-state index contributed by atoms with van der Waals surface area (Å²) in [7, 11) is 0. The van der Waals surface area contributed by atoms with Gasteiger partial charge in [0.1, 0.15) is 18.8 Å². The predicted octanol–water partition coefficient (Wildman–Crippen LogP) is 2.18. The fourth-order valence-electron chi connectivity index (χ4n) is 1.94. The molecule has 1 saturated heterocycles. The molecule has 18 heavy (non-hydrogen) atoms. The van der Waals surface area contributed by atoms with Gasteiger partial charge in [-0.3, -0.25) is 0 Å². The quantitative estimate of drug-likeness (QED) is 0.732. The Balaban J connectivity index is 2.10. The van der Waals surface area contributed by atoms with Crippen LogP contribution >= 0.6 is 15.9 Å². The highest BCUT2D eigenvalue weighted by Crippen LogP contribution is 2.34. The van der Waals surface area contributed by atoms with E-state index in [4.69, 9.17) is 18.9 Å². The topological polar surface area (TPSA) is 36.9 Å². The molecule has 0 N–H and O–H groups in total. The highest BCUT2D eigenvalue weighted by molar-refractivity contribution is 9.11. The molecule has 0 radical (unpaired) electrons. The minimum absolute atomic E-state index is 0.140. The molecule has 2 heterocycles. The summed E-state index contributed by atoms with van der Waals surface area (Å²) in [6, 6.07) is 0. The third kappa shape index (κ3) is 3.07. The Bertz CT molecular complexity index is 394.